The molecule has 4 nitrogen and oxygen atoms in total. The Balaban J connectivity index is 4.00. The van der Waals surface area contributed by atoms with Gasteiger partial charge in [0, 0.05) is 20.3 Å². The highest BCUT2D eigenvalue weighted by molar-refractivity contribution is 4.59. The van der Waals surface area contributed by atoms with Crippen LogP contribution in [0.25, 0.3) is 0 Å². The van der Waals surface area contributed by atoms with Crippen molar-refractivity contribution in [1.82, 2.24) is 0 Å². The summed E-state index contributed by atoms with van der Waals surface area (Å²) >= 11 is 0. The van der Waals surface area contributed by atoms with Gasteiger partial charge in [0.1, 0.15) is 0 Å². The van der Waals surface area contributed by atoms with Crippen LogP contribution in [0, 0.1) is 5.92 Å². The molecule has 0 heterocycles. The van der Waals surface area contributed by atoms with Gasteiger partial charge in [0.15, 0.2) is 12.6 Å². The molecule has 0 aliphatic rings. The van der Waals surface area contributed by atoms with Crippen LogP contribution >= 0.6 is 0 Å². The number of aliphatic hydroxyl groups is 1. The smallest absolute Gasteiger partial charge is 0.164 e. The Morgan fingerprint density at radius 3 is 1.92 bits per heavy atom. The average molecular weight is 192 g/mol. The molecule has 0 amide bonds. The summed E-state index contributed by atoms with van der Waals surface area (Å²) in [6, 6.07) is 0. The predicted octanol–water partition coefficient (Wildman–Crippen LogP) is 0.986. The number of methoxy groups -OCH3 is 1. The second-order valence-corrected chi connectivity index (χ2v) is 2.76. The molecule has 0 aliphatic carbocycles. The van der Waals surface area contributed by atoms with Gasteiger partial charge in [0.25, 0.3) is 0 Å². The van der Waals surface area contributed by atoms with E-state index in [1.807, 2.05) is 20.8 Å². The molecule has 0 radical (unpaired) electrons. The van der Waals surface area contributed by atoms with Gasteiger partial charge in [-0.05, 0) is 13.8 Å². The van der Waals surface area contributed by atoms with Crippen LogP contribution in [0.15, 0.2) is 0 Å². The second kappa shape index (κ2) is 7.26. The number of hydrogen-bond acceptors (Lipinski definition) is 4. The van der Waals surface area contributed by atoms with Crippen LogP contribution in [-0.2, 0) is 14.2 Å². The van der Waals surface area contributed by atoms with E-state index >= 15 is 0 Å². The molecule has 1 N–H and O–H groups in total. The summed E-state index contributed by atoms with van der Waals surface area (Å²) in [5.74, 6) is -0.190. The van der Waals surface area contributed by atoms with Crippen molar-refractivity contribution in [2.24, 2.45) is 5.92 Å². The number of hydrogen-bond donors (Lipinski definition) is 1. The lowest BCUT2D eigenvalue weighted by atomic mass is 10.1. The average Bonchev–Trinajstić information content (AvgIpc) is 2.15. The molecule has 0 aromatic heterocycles. The molecule has 0 saturated heterocycles. The Hall–Kier alpha value is -0.160. The Kier molecular flexibility index (Phi) is 7.17. The summed E-state index contributed by atoms with van der Waals surface area (Å²) in [5, 5.41) is 9.37. The van der Waals surface area contributed by atoms with Gasteiger partial charge in [-0.3, -0.25) is 0 Å². The van der Waals surface area contributed by atoms with Crippen LogP contribution in [0.4, 0.5) is 0 Å². The van der Waals surface area contributed by atoms with Crippen molar-refractivity contribution in [1.29, 1.82) is 0 Å². The van der Waals surface area contributed by atoms with E-state index in [1.165, 1.54) is 7.11 Å². The zero-order chi connectivity index (χ0) is 10.3. The lowest BCUT2D eigenvalue weighted by molar-refractivity contribution is -0.222. The SMILES string of the molecule is CCOC(OCC)C(C)C(O)OC. The normalized spacial score (nSPS) is 16.2. The summed E-state index contributed by atoms with van der Waals surface area (Å²) in [5.41, 5.74) is 0. The van der Waals surface area contributed by atoms with Crippen LogP contribution in [0.1, 0.15) is 20.8 Å². The third-order valence-corrected chi connectivity index (χ3v) is 1.78. The number of rotatable bonds is 7. The van der Waals surface area contributed by atoms with Gasteiger partial charge in [0.05, 0.1) is 5.92 Å². The van der Waals surface area contributed by atoms with Crippen molar-refractivity contribution < 1.29 is 19.3 Å². The molecular formula is C9H20O4. The minimum atomic E-state index is -0.844. The Bertz CT molecular complexity index is 112. The maximum Gasteiger partial charge on any atom is 0.164 e. The maximum absolute atomic E-state index is 9.37. The van der Waals surface area contributed by atoms with Crippen LogP contribution in [0.2, 0.25) is 0 Å². The standard InChI is InChI=1S/C9H20O4/c1-5-12-9(13-6-2)7(3)8(10)11-4/h7-10H,5-6H2,1-4H3. The largest absolute Gasteiger partial charge is 0.368 e. The van der Waals surface area contributed by atoms with E-state index in [2.05, 4.69) is 0 Å². The molecule has 80 valence electrons. The molecule has 0 rings (SSSR count). The van der Waals surface area contributed by atoms with Crippen molar-refractivity contribution in [2.45, 2.75) is 33.4 Å². The van der Waals surface area contributed by atoms with E-state index < -0.39 is 12.6 Å². The minimum absolute atomic E-state index is 0.190. The zero-order valence-electron chi connectivity index (χ0n) is 8.82. The Labute approximate surface area is 79.8 Å². The van der Waals surface area contributed by atoms with Gasteiger partial charge in [-0.25, -0.2) is 0 Å². The lowest BCUT2D eigenvalue weighted by Gasteiger charge is -2.26. The van der Waals surface area contributed by atoms with Crippen molar-refractivity contribution in [2.75, 3.05) is 20.3 Å². The molecule has 0 fully saturated rings. The fraction of sp³-hybridized carbons (Fsp3) is 1.00. The molecule has 4 heteroatoms. The quantitative estimate of drug-likeness (QED) is 0.611. The molecule has 2 unspecified atom stereocenters. The molecule has 0 aromatic carbocycles. The summed E-state index contributed by atoms with van der Waals surface area (Å²) in [6.07, 6.45) is -1.24. The van der Waals surface area contributed by atoms with Gasteiger partial charge < -0.3 is 19.3 Å². The molecule has 13 heavy (non-hydrogen) atoms. The van der Waals surface area contributed by atoms with E-state index in [9.17, 15) is 5.11 Å². The van der Waals surface area contributed by atoms with Crippen LogP contribution < -0.4 is 0 Å². The summed E-state index contributed by atoms with van der Waals surface area (Å²) in [7, 11) is 1.45. The molecule has 0 aromatic rings. The molecule has 0 saturated carbocycles. The van der Waals surface area contributed by atoms with Crippen molar-refractivity contribution in [3.63, 3.8) is 0 Å². The maximum atomic E-state index is 9.37. The molecule has 0 spiro atoms. The van der Waals surface area contributed by atoms with Crippen molar-refractivity contribution >= 4 is 0 Å². The van der Waals surface area contributed by atoms with Gasteiger partial charge in [-0.15, -0.1) is 0 Å². The first-order chi connectivity index (χ1) is 6.17. The van der Waals surface area contributed by atoms with E-state index in [0.29, 0.717) is 13.2 Å². The summed E-state index contributed by atoms with van der Waals surface area (Å²) in [4.78, 5) is 0. The highest BCUT2D eigenvalue weighted by Crippen LogP contribution is 2.14. The summed E-state index contributed by atoms with van der Waals surface area (Å²) in [6.45, 7) is 6.72. The van der Waals surface area contributed by atoms with E-state index in [4.69, 9.17) is 14.2 Å². The van der Waals surface area contributed by atoms with Crippen LogP contribution in [0.3, 0.4) is 0 Å². The fourth-order valence-corrected chi connectivity index (χ4v) is 1.03. The third kappa shape index (κ3) is 4.57. The first kappa shape index (κ1) is 12.8. The van der Waals surface area contributed by atoms with Crippen molar-refractivity contribution in [3.05, 3.63) is 0 Å². The minimum Gasteiger partial charge on any atom is -0.368 e. The first-order valence-electron chi connectivity index (χ1n) is 4.61. The third-order valence-electron chi connectivity index (χ3n) is 1.78. The fourth-order valence-electron chi connectivity index (χ4n) is 1.03. The van der Waals surface area contributed by atoms with E-state index in [0.717, 1.165) is 0 Å². The zero-order valence-corrected chi connectivity index (χ0v) is 8.82. The second-order valence-electron chi connectivity index (χ2n) is 2.76. The van der Waals surface area contributed by atoms with E-state index in [1.54, 1.807) is 0 Å². The lowest BCUT2D eigenvalue weighted by Crippen LogP contribution is -2.34. The Morgan fingerprint density at radius 2 is 1.62 bits per heavy atom. The monoisotopic (exact) mass is 192 g/mol. The predicted molar refractivity (Wildman–Crippen MR) is 49.2 cm³/mol. The van der Waals surface area contributed by atoms with Gasteiger partial charge >= 0.3 is 0 Å². The first-order valence-corrected chi connectivity index (χ1v) is 4.61. The molecule has 0 aliphatic heterocycles. The van der Waals surface area contributed by atoms with Gasteiger partial charge in [-0.2, -0.15) is 0 Å². The van der Waals surface area contributed by atoms with Crippen molar-refractivity contribution in [3.8, 4) is 0 Å². The van der Waals surface area contributed by atoms with E-state index in [-0.39, 0.29) is 5.92 Å². The molecule has 2 atom stereocenters. The number of aliphatic hydroxyl groups excluding tert-OH is 1. The Morgan fingerprint density at radius 1 is 1.15 bits per heavy atom. The highest BCUT2D eigenvalue weighted by atomic mass is 16.7. The van der Waals surface area contributed by atoms with Gasteiger partial charge in [0.2, 0.25) is 0 Å². The van der Waals surface area contributed by atoms with Crippen LogP contribution in [0.5, 0.6) is 0 Å². The highest BCUT2D eigenvalue weighted by Gasteiger charge is 2.24. The topological polar surface area (TPSA) is 47.9 Å². The molecule has 0 bridgehead atoms. The van der Waals surface area contributed by atoms with Crippen LogP contribution in [-0.4, -0.2) is 38.0 Å². The summed E-state index contributed by atoms with van der Waals surface area (Å²) < 4.78 is 15.4. The van der Waals surface area contributed by atoms with Gasteiger partial charge in [-0.1, -0.05) is 6.92 Å². The number of ether oxygens (including phenoxy) is 3. The molecular weight excluding hydrogens is 172 g/mol.